The molecule has 0 aliphatic carbocycles. The summed E-state index contributed by atoms with van der Waals surface area (Å²) in [5.74, 6) is -0.00432. The zero-order chi connectivity index (χ0) is 55.7. The molecule has 0 saturated heterocycles. The first kappa shape index (κ1) is 75.9. The SMILES string of the molecule is CCCCCCCCCCCCCCCCCCCCC(O)C(CO)NC(=O)CCCCCCCCCCCCCCCCCCCCCCCCCCCCCCCOC(=O)CCCCCCCCCCCCCCC. The number of aliphatic hydroxyl groups excluding tert-OH is 2. The van der Waals surface area contributed by atoms with Gasteiger partial charge < -0.3 is 20.3 Å². The minimum absolute atomic E-state index is 0.0223. The second-order valence-corrected chi connectivity index (χ2v) is 24.9. The molecule has 0 aliphatic rings. The molecule has 0 aromatic rings. The van der Waals surface area contributed by atoms with E-state index in [1.165, 1.54) is 347 Å². The summed E-state index contributed by atoms with van der Waals surface area (Å²) in [5, 5.41) is 23.4. The van der Waals surface area contributed by atoms with Gasteiger partial charge in [-0.2, -0.15) is 0 Å². The summed E-state index contributed by atoms with van der Waals surface area (Å²) >= 11 is 0. The fourth-order valence-electron chi connectivity index (χ4n) is 11.7. The van der Waals surface area contributed by atoms with Crippen LogP contribution in [-0.2, 0) is 14.3 Å². The van der Waals surface area contributed by atoms with Crippen LogP contribution in [0.2, 0.25) is 0 Å². The Balaban J connectivity index is 3.32. The van der Waals surface area contributed by atoms with Crippen molar-refractivity contribution >= 4 is 11.9 Å². The van der Waals surface area contributed by atoms with Crippen molar-refractivity contribution in [2.75, 3.05) is 13.2 Å². The quantitative estimate of drug-likeness (QED) is 0.0417. The molecule has 0 aliphatic heterocycles. The first-order valence-electron chi connectivity index (χ1n) is 35.8. The fourth-order valence-corrected chi connectivity index (χ4v) is 11.7. The molecule has 0 rings (SSSR count). The molecule has 6 nitrogen and oxygen atoms in total. The number of unbranched alkanes of at least 4 members (excludes halogenated alkanes) is 57. The number of hydrogen-bond donors (Lipinski definition) is 3. The lowest BCUT2D eigenvalue weighted by Crippen LogP contribution is -2.45. The van der Waals surface area contributed by atoms with Gasteiger partial charge in [0.05, 0.1) is 25.4 Å². The lowest BCUT2D eigenvalue weighted by Gasteiger charge is -2.22. The topological polar surface area (TPSA) is 95.9 Å². The van der Waals surface area contributed by atoms with Crippen LogP contribution in [0, 0.1) is 0 Å². The predicted octanol–water partition coefficient (Wildman–Crippen LogP) is 23.0. The van der Waals surface area contributed by atoms with Crippen LogP contribution >= 0.6 is 0 Å². The number of aliphatic hydroxyl groups is 2. The summed E-state index contributed by atoms with van der Waals surface area (Å²) in [6.45, 7) is 5.00. The van der Waals surface area contributed by atoms with Crippen molar-refractivity contribution in [2.45, 2.75) is 431 Å². The Morgan fingerprint density at radius 1 is 0.312 bits per heavy atom. The fraction of sp³-hybridized carbons (Fsp3) is 0.972. The van der Waals surface area contributed by atoms with Crippen molar-refractivity contribution in [1.29, 1.82) is 0 Å². The van der Waals surface area contributed by atoms with E-state index < -0.39 is 12.1 Å². The van der Waals surface area contributed by atoms with E-state index in [0.29, 0.717) is 25.9 Å². The number of carbonyl (C=O) groups is 2. The molecule has 0 saturated carbocycles. The highest BCUT2D eigenvalue weighted by Gasteiger charge is 2.20. The van der Waals surface area contributed by atoms with Crippen molar-refractivity contribution in [3.8, 4) is 0 Å². The Labute approximate surface area is 483 Å². The third-order valence-corrected chi connectivity index (χ3v) is 17.2. The average Bonchev–Trinajstić information content (AvgIpc) is 3.43. The van der Waals surface area contributed by atoms with Crippen LogP contribution in [0.5, 0.6) is 0 Å². The number of ether oxygens (including phenoxy) is 1. The van der Waals surface area contributed by atoms with Crippen LogP contribution in [0.4, 0.5) is 0 Å². The molecule has 0 aromatic heterocycles. The highest BCUT2D eigenvalue weighted by atomic mass is 16.5. The van der Waals surface area contributed by atoms with Crippen LogP contribution < -0.4 is 5.32 Å². The molecule has 77 heavy (non-hydrogen) atoms. The Morgan fingerprint density at radius 3 is 0.792 bits per heavy atom. The molecule has 0 spiro atoms. The number of amides is 1. The van der Waals surface area contributed by atoms with Gasteiger partial charge in [-0.25, -0.2) is 0 Å². The van der Waals surface area contributed by atoms with Crippen LogP contribution in [-0.4, -0.2) is 47.4 Å². The number of nitrogens with one attached hydrogen (secondary N) is 1. The molecular weight excluding hydrogens is 947 g/mol. The first-order chi connectivity index (χ1) is 38.0. The number of rotatable bonds is 68. The first-order valence-corrected chi connectivity index (χ1v) is 35.8. The van der Waals surface area contributed by atoms with Gasteiger partial charge in [-0.15, -0.1) is 0 Å². The highest BCUT2D eigenvalue weighted by molar-refractivity contribution is 5.76. The van der Waals surface area contributed by atoms with E-state index in [-0.39, 0.29) is 18.5 Å². The molecule has 0 radical (unpaired) electrons. The maximum atomic E-state index is 12.5. The van der Waals surface area contributed by atoms with E-state index in [0.717, 1.165) is 38.5 Å². The van der Waals surface area contributed by atoms with E-state index in [4.69, 9.17) is 4.74 Å². The molecule has 1 amide bonds. The lowest BCUT2D eigenvalue weighted by molar-refractivity contribution is -0.143. The van der Waals surface area contributed by atoms with Gasteiger partial charge in [0.25, 0.3) is 0 Å². The largest absolute Gasteiger partial charge is 0.466 e. The molecule has 0 aromatic carbocycles. The Bertz CT molecular complexity index is 1120. The molecule has 0 bridgehead atoms. The summed E-state index contributed by atoms with van der Waals surface area (Å²) in [6, 6.07) is -0.538. The lowest BCUT2D eigenvalue weighted by atomic mass is 10.0. The van der Waals surface area contributed by atoms with Gasteiger partial charge >= 0.3 is 5.97 Å². The van der Waals surface area contributed by atoms with Crippen molar-refractivity contribution in [1.82, 2.24) is 5.32 Å². The third kappa shape index (κ3) is 63.9. The van der Waals surface area contributed by atoms with Crippen LogP contribution in [0.15, 0.2) is 0 Å². The van der Waals surface area contributed by atoms with Crippen LogP contribution in [0.1, 0.15) is 418 Å². The van der Waals surface area contributed by atoms with Gasteiger partial charge in [0.2, 0.25) is 5.91 Å². The molecule has 6 heteroatoms. The number of hydrogen-bond acceptors (Lipinski definition) is 5. The Kier molecular flexibility index (Phi) is 66.4. The van der Waals surface area contributed by atoms with E-state index in [9.17, 15) is 19.8 Å². The zero-order valence-corrected chi connectivity index (χ0v) is 52.7. The third-order valence-electron chi connectivity index (χ3n) is 17.2. The highest BCUT2D eigenvalue weighted by Crippen LogP contribution is 2.20. The summed E-state index contributed by atoms with van der Waals surface area (Å²) in [5.41, 5.74) is 0. The van der Waals surface area contributed by atoms with Crippen LogP contribution in [0.3, 0.4) is 0 Å². The molecule has 0 heterocycles. The number of esters is 1. The maximum absolute atomic E-state index is 12.5. The summed E-state index contributed by atoms with van der Waals surface area (Å²) in [4.78, 5) is 24.6. The maximum Gasteiger partial charge on any atom is 0.305 e. The van der Waals surface area contributed by atoms with Gasteiger partial charge in [0.15, 0.2) is 0 Å². The van der Waals surface area contributed by atoms with Crippen molar-refractivity contribution in [2.24, 2.45) is 0 Å². The average molecular weight is 1090 g/mol. The Hall–Kier alpha value is -1.14. The Morgan fingerprint density at radius 2 is 0.532 bits per heavy atom. The van der Waals surface area contributed by atoms with Gasteiger partial charge in [-0.05, 0) is 25.7 Å². The van der Waals surface area contributed by atoms with Crippen LogP contribution in [0.25, 0.3) is 0 Å². The van der Waals surface area contributed by atoms with E-state index >= 15 is 0 Å². The second kappa shape index (κ2) is 67.4. The van der Waals surface area contributed by atoms with Crippen molar-refractivity contribution < 1.29 is 24.5 Å². The number of carbonyl (C=O) groups excluding carboxylic acids is 2. The van der Waals surface area contributed by atoms with Gasteiger partial charge in [0.1, 0.15) is 0 Å². The minimum atomic E-state index is -0.661. The van der Waals surface area contributed by atoms with Gasteiger partial charge in [0, 0.05) is 12.8 Å². The molecule has 2 atom stereocenters. The zero-order valence-electron chi connectivity index (χ0n) is 52.7. The molecule has 2 unspecified atom stereocenters. The van der Waals surface area contributed by atoms with Gasteiger partial charge in [-0.3, -0.25) is 9.59 Å². The molecule has 0 fully saturated rings. The van der Waals surface area contributed by atoms with E-state index in [1.807, 2.05) is 0 Å². The summed E-state index contributed by atoms with van der Waals surface area (Å²) in [6.07, 6.45) is 81.6. The molecular formula is C71H141NO5. The molecule has 3 N–H and O–H groups in total. The monoisotopic (exact) mass is 1090 g/mol. The summed E-state index contributed by atoms with van der Waals surface area (Å²) < 4.78 is 5.49. The van der Waals surface area contributed by atoms with E-state index in [1.54, 1.807) is 0 Å². The van der Waals surface area contributed by atoms with Gasteiger partial charge in [-0.1, -0.05) is 380 Å². The standard InChI is InChI=1S/C71H141NO5/c1-3-5-7-9-11-13-15-17-18-19-33-36-40-43-47-51-55-59-63-69(74)68(67-73)72-70(75)64-60-56-52-48-44-41-37-34-31-29-27-25-23-21-20-22-24-26-28-30-32-35-38-42-46-50-54-58-62-66-77-71(76)65-61-57-53-49-45-39-16-14-12-10-8-6-4-2/h68-69,73-74H,3-67H2,1-2H3,(H,72,75). The minimum Gasteiger partial charge on any atom is -0.466 e. The van der Waals surface area contributed by atoms with E-state index in [2.05, 4.69) is 19.2 Å². The summed E-state index contributed by atoms with van der Waals surface area (Å²) in [7, 11) is 0. The normalized spacial score (nSPS) is 12.4. The molecule has 460 valence electrons. The second-order valence-electron chi connectivity index (χ2n) is 24.9. The van der Waals surface area contributed by atoms with Crippen molar-refractivity contribution in [3.63, 3.8) is 0 Å². The smallest absolute Gasteiger partial charge is 0.305 e. The van der Waals surface area contributed by atoms with Crippen molar-refractivity contribution in [3.05, 3.63) is 0 Å². The predicted molar refractivity (Wildman–Crippen MR) is 338 cm³/mol.